The zero-order valence-electron chi connectivity index (χ0n) is 41.9. The minimum Gasteiger partial charge on any atom is -0.458 e. The average molecular weight is 892 g/mol. The molecule has 0 bridgehead atoms. The quantitative estimate of drug-likeness (QED) is 0.0321. The van der Waals surface area contributed by atoms with Crippen LogP contribution >= 0.6 is 0 Å². The highest BCUT2D eigenvalue weighted by molar-refractivity contribution is 5.78. The second-order valence-electron chi connectivity index (χ2n) is 17.9. The van der Waals surface area contributed by atoms with Crippen LogP contribution in [-0.2, 0) is 14.3 Å². The number of unbranched alkanes of at least 4 members (excludes halogenated alkanes) is 23. The maximum atomic E-state index is 13.2. The van der Waals surface area contributed by atoms with Crippen molar-refractivity contribution in [3.8, 4) is 0 Å². The lowest BCUT2D eigenvalue weighted by atomic mass is 10.0. The summed E-state index contributed by atoms with van der Waals surface area (Å²) in [5.74, 6) is -0.636. The molecule has 64 heavy (non-hydrogen) atoms. The highest BCUT2D eigenvalue weighted by Gasteiger charge is 2.23. The third-order valence-electron chi connectivity index (χ3n) is 11.7. The Bertz CT molecular complexity index is 1230. The van der Waals surface area contributed by atoms with Crippen LogP contribution in [0, 0.1) is 0 Å². The average Bonchev–Trinajstić information content (AvgIpc) is 3.29. The third-order valence-corrected chi connectivity index (χ3v) is 11.7. The summed E-state index contributed by atoms with van der Waals surface area (Å²) in [5.41, 5.74) is 0. The van der Waals surface area contributed by atoms with Crippen molar-refractivity contribution in [2.75, 3.05) is 6.61 Å². The van der Waals surface area contributed by atoms with Crippen molar-refractivity contribution in [3.05, 3.63) is 85.1 Å². The van der Waals surface area contributed by atoms with E-state index in [1.54, 1.807) is 6.08 Å². The first kappa shape index (κ1) is 61.0. The summed E-state index contributed by atoms with van der Waals surface area (Å²) in [6, 6.07) is -0.747. The van der Waals surface area contributed by atoms with E-state index in [9.17, 15) is 19.8 Å². The van der Waals surface area contributed by atoms with Crippen molar-refractivity contribution in [1.29, 1.82) is 0 Å². The molecule has 6 nitrogen and oxygen atoms in total. The first-order valence-corrected chi connectivity index (χ1v) is 26.8. The van der Waals surface area contributed by atoms with Crippen LogP contribution in [0.1, 0.15) is 245 Å². The molecule has 6 heteroatoms. The number of hydrogen-bond donors (Lipinski definition) is 3. The molecule has 1 amide bonds. The minimum absolute atomic E-state index is 0.0518. The lowest BCUT2D eigenvalue weighted by Crippen LogP contribution is -2.46. The molecule has 0 aromatic heterocycles. The van der Waals surface area contributed by atoms with Crippen LogP contribution in [0.2, 0.25) is 0 Å². The van der Waals surface area contributed by atoms with Gasteiger partial charge in [-0.1, -0.05) is 235 Å². The number of nitrogens with one attached hydrogen (secondary N) is 1. The van der Waals surface area contributed by atoms with Gasteiger partial charge in [-0.2, -0.15) is 0 Å². The van der Waals surface area contributed by atoms with Gasteiger partial charge >= 0.3 is 5.97 Å². The normalized spacial score (nSPS) is 13.9. The van der Waals surface area contributed by atoms with Crippen LogP contribution in [-0.4, -0.2) is 46.9 Å². The van der Waals surface area contributed by atoms with Crippen LogP contribution in [0.25, 0.3) is 0 Å². The van der Waals surface area contributed by atoms with E-state index in [1.165, 1.54) is 128 Å². The Morgan fingerprint density at radius 3 is 1.31 bits per heavy atom. The zero-order valence-corrected chi connectivity index (χ0v) is 41.9. The van der Waals surface area contributed by atoms with Crippen molar-refractivity contribution < 1.29 is 24.5 Å². The summed E-state index contributed by atoms with van der Waals surface area (Å²) in [6.07, 6.45) is 66.7. The van der Waals surface area contributed by atoms with Gasteiger partial charge in [0.25, 0.3) is 0 Å². The summed E-state index contributed by atoms with van der Waals surface area (Å²) < 4.78 is 5.83. The second-order valence-corrected chi connectivity index (χ2v) is 17.9. The largest absolute Gasteiger partial charge is 0.458 e. The number of allylic oxidation sites excluding steroid dienone is 13. The predicted molar refractivity (Wildman–Crippen MR) is 278 cm³/mol. The topological polar surface area (TPSA) is 95.9 Å². The summed E-state index contributed by atoms with van der Waals surface area (Å²) in [5, 5.41) is 23.7. The van der Waals surface area contributed by atoms with Crippen LogP contribution in [0.15, 0.2) is 85.1 Å². The smallest absolute Gasteiger partial charge is 0.306 e. The van der Waals surface area contributed by atoms with Crippen LogP contribution < -0.4 is 5.32 Å². The number of aliphatic hydroxyl groups is 2. The molecule has 0 aromatic carbocycles. The lowest BCUT2D eigenvalue weighted by Gasteiger charge is -2.23. The molecule has 0 aliphatic rings. The fraction of sp³-hybridized carbons (Fsp3) is 0.724. The molecule has 368 valence electrons. The molecule has 3 N–H and O–H groups in total. The van der Waals surface area contributed by atoms with Crippen molar-refractivity contribution in [1.82, 2.24) is 5.32 Å². The number of carbonyl (C=O) groups is 2. The van der Waals surface area contributed by atoms with E-state index in [0.717, 1.165) is 70.6 Å². The number of hydrogen-bond acceptors (Lipinski definition) is 5. The molecular formula is C58H101NO5. The number of rotatable bonds is 47. The Hall–Kier alpha value is -2.96. The Kier molecular flexibility index (Phi) is 48.7. The summed E-state index contributed by atoms with van der Waals surface area (Å²) >= 11 is 0. The number of ether oxygens (including phenoxy) is 1. The van der Waals surface area contributed by atoms with Gasteiger partial charge in [0, 0.05) is 6.42 Å². The number of carbonyl (C=O) groups excluding carboxylic acids is 2. The first-order valence-electron chi connectivity index (χ1n) is 26.8. The molecule has 0 aromatic rings. The van der Waals surface area contributed by atoms with E-state index in [-0.39, 0.29) is 24.9 Å². The van der Waals surface area contributed by atoms with Crippen LogP contribution in [0.4, 0.5) is 0 Å². The zero-order chi connectivity index (χ0) is 46.7. The maximum Gasteiger partial charge on any atom is 0.306 e. The van der Waals surface area contributed by atoms with Crippen molar-refractivity contribution >= 4 is 11.9 Å². The van der Waals surface area contributed by atoms with Gasteiger partial charge in [-0.25, -0.2) is 0 Å². The molecule has 0 aliphatic heterocycles. The van der Waals surface area contributed by atoms with E-state index in [4.69, 9.17) is 4.74 Å². The highest BCUT2D eigenvalue weighted by Crippen LogP contribution is 2.16. The van der Waals surface area contributed by atoms with Crippen molar-refractivity contribution in [2.24, 2.45) is 0 Å². The molecule has 0 heterocycles. The molecule has 0 aliphatic carbocycles. The van der Waals surface area contributed by atoms with Crippen molar-refractivity contribution in [3.63, 3.8) is 0 Å². The first-order chi connectivity index (χ1) is 31.5. The molecule has 0 radical (unpaired) electrons. The molecule has 3 unspecified atom stereocenters. The molecule has 0 fully saturated rings. The molecular weight excluding hydrogens is 791 g/mol. The summed E-state index contributed by atoms with van der Waals surface area (Å²) in [6.45, 7) is 6.32. The Morgan fingerprint density at radius 2 is 0.875 bits per heavy atom. The highest BCUT2D eigenvalue weighted by atomic mass is 16.5. The SMILES string of the molecule is CC/C=C\C/C=C\C/C=C\C/C=C\C/C=C\C/C=C\C(CC(=O)NC(CO)C(O)CCCCCCCCCCCCC)OC(=O)CCCCCCCCC/C=C/CCCCCCCC. The summed E-state index contributed by atoms with van der Waals surface area (Å²) in [4.78, 5) is 26.1. The molecule has 0 saturated carbocycles. The fourth-order valence-electron chi connectivity index (χ4n) is 7.66. The Labute approximate surface area is 395 Å². The van der Waals surface area contributed by atoms with Crippen LogP contribution in [0.5, 0.6) is 0 Å². The van der Waals surface area contributed by atoms with E-state index in [0.29, 0.717) is 19.3 Å². The number of amides is 1. The van der Waals surface area contributed by atoms with Gasteiger partial charge in [0.05, 0.1) is 25.2 Å². The van der Waals surface area contributed by atoms with Gasteiger partial charge in [-0.3, -0.25) is 9.59 Å². The van der Waals surface area contributed by atoms with Gasteiger partial charge in [-0.05, 0) is 83.1 Å². The number of esters is 1. The standard InChI is InChI=1S/C58H101NO5/c1-4-7-10-13-16-19-22-24-26-28-30-32-35-37-40-43-46-49-54(52-57(62)59-55(53-60)56(61)50-47-44-41-38-34-21-18-15-12-9-6-3)64-58(63)51-48-45-42-39-36-33-31-29-27-25-23-20-17-14-11-8-5-2/h7,10,16,19,24-27,30,32,37,40,46,49,54-56,60-61H,4-6,8-9,11-15,17-18,20-23,28-29,31,33-36,38-39,41-45,47-48,50-53H2,1-3H3,(H,59,62)/b10-7-,19-16-,26-24-,27-25+,32-30-,40-37-,49-46-. The maximum absolute atomic E-state index is 13.2. The predicted octanol–water partition coefficient (Wildman–Crippen LogP) is 16.3. The van der Waals surface area contributed by atoms with E-state index in [2.05, 4.69) is 99.0 Å². The van der Waals surface area contributed by atoms with Gasteiger partial charge in [0.15, 0.2) is 0 Å². The van der Waals surface area contributed by atoms with Gasteiger partial charge < -0.3 is 20.3 Å². The molecule has 0 spiro atoms. The van der Waals surface area contributed by atoms with Crippen LogP contribution in [0.3, 0.4) is 0 Å². The van der Waals surface area contributed by atoms with Gasteiger partial charge in [0.2, 0.25) is 5.91 Å². The Morgan fingerprint density at radius 1 is 0.484 bits per heavy atom. The summed E-state index contributed by atoms with van der Waals surface area (Å²) in [7, 11) is 0. The molecule has 0 saturated heterocycles. The Balaban J connectivity index is 4.76. The van der Waals surface area contributed by atoms with Gasteiger partial charge in [-0.15, -0.1) is 0 Å². The van der Waals surface area contributed by atoms with E-state index in [1.807, 2.05) is 6.08 Å². The van der Waals surface area contributed by atoms with E-state index < -0.39 is 18.2 Å². The molecule has 0 rings (SSSR count). The lowest BCUT2D eigenvalue weighted by molar-refractivity contribution is -0.148. The van der Waals surface area contributed by atoms with Crippen molar-refractivity contribution in [2.45, 2.75) is 264 Å². The number of aliphatic hydroxyl groups excluding tert-OH is 2. The monoisotopic (exact) mass is 892 g/mol. The van der Waals surface area contributed by atoms with Gasteiger partial charge in [0.1, 0.15) is 6.10 Å². The van der Waals surface area contributed by atoms with E-state index >= 15 is 0 Å². The molecule has 3 atom stereocenters. The third kappa shape index (κ3) is 45.6. The fourth-order valence-corrected chi connectivity index (χ4v) is 7.66. The second kappa shape index (κ2) is 51.0. The minimum atomic E-state index is -0.823.